The number of anilines is 1. The van der Waals surface area contributed by atoms with Crippen molar-refractivity contribution in [1.29, 1.82) is 0 Å². The standard InChI is InChI=1S/C16H16N2O3/c17-15(19)10-11-21-14-8-6-13(7-9-14)18-16(20)12-4-2-1-3-5-12/h1-9H,10-11H2,(H2,17,19)(H,18,20). The van der Waals surface area contributed by atoms with Gasteiger partial charge in [0.15, 0.2) is 0 Å². The minimum atomic E-state index is -0.401. The number of hydrogen-bond donors (Lipinski definition) is 2. The Balaban J connectivity index is 1.90. The largest absolute Gasteiger partial charge is 0.493 e. The van der Waals surface area contributed by atoms with E-state index >= 15 is 0 Å². The van der Waals surface area contributed by atoms with Crippen LogP contribution in [0.25, 0.3) is 0 Å². The number of ether oxygens (including phenoxy) is 1. The second-order valence-electron chi connectivity index (χ2n) is 4.41. The smallest absolute Gasteiger partial charge is 0.255 e. The average Bonchev–Trinajstić information content (AvgIpc) is 2.49. The molecule has 0 bridgehead atoms. The summed E-state index contributed by atoms with van der Waals surface area (Å²) in [6, 6.07) is 15.9. The number of benzene rings is 2. The van der Waals surface area contributed by atoms with Crippen LogP contribution in [-0.2, 0) is 4.79 Å². The van der Waals surface area contributed by atoms with Gasteiger partial charge in [-0.15, -0.1) is 0 Å². The van der Waals surface area contributed by atoms with Crippen molar-refractivity contribution < 1.29 is 14.3 Å². The van der Waals surface area contributed by atoms with Crippen molar-refractivity contribution in [3.8, 4) is 5.75 Å². The van der Waals surface area contributed by atoms with Crippen LogP contribution in [0.3, 0.4) is 0 Å². The van der Waals surface area contributed by atoms with Gasteiger partial charge in [-0.25, -0.2) is 0 Å². The van der Waals surface area contributed by atoms with Gasteiger partial charge in [0.05, 0.1) is 13.0 Å². The van der Waals surface area contributed by atoms with Crippen molar-refractivity contribution in [2.24, 2.45) is 5.73 Å². The zero-order valence-electron chi connectivity index (χ0n) is 11.4. The fourth-order valence-corrected chi connectivity index (χ4v) is 1.70. The van der Waals surface area contributed by atoms with Gasteiger partial charge in [0.2, 0.25) is 5.91 Å². The van der Waals surface area contributed by atoms with Crippen molar-refractivity contribution in [2.75, 3.05) is 11.9 Å². The highest BCUT2D eigenvalue weighted by Gasteiger charge is 2.05. The van der Waals surface area contributed by atoms with Gasteiger partial charge < -0.3 is 15.8 Å². The maximum absolute atomic E-state index is 12.0. The molecule has 0 atom stereocenters. The molecule has 0 unspecified atom stereocenters. The van der Waals surface area contributed by atoms with Gasteiger partial charge in [-0.1, -0.05) is 18.2 Å². The molecule has 0 fully saturated rings. The lowest BCUT2D eigenvalue weighted by Crippen LogP contribution is -2.14. The Hall–Kier alpha value is -2.82. The van der Waals surface area contributed by atoms with E-state index < -0.39 is 5.91 Å². The SMILES string of the molecule is NC(=O)CCOc1ccc(NC(=O)c2ccccc2)cc1. The predicted molar refractivity (Wildman–Crippen MR) is 80.1 cm³/mol. The van der Waals surface area contributed by atoms with Crippen LogP contribution in [0.5, 0.6) is 5.75 Å². The Bertz CT molecular complexity index is 609. The highest BCUT2D eigenvalue weighted by molar-refractivity contribution is 6.04. The van der Waals surface area contributed by atoms with Crippen molar-refractivity contribution in [3.63, 3.8) is 0 Å². The van der Waals surface area contributed by atoms with Crippen molar-refractivity contribution in [1.82, 2.24) is 0 Å². The summed E-state index contributed by atoms with van der Waals surface area (Å²) in [5.41, 5.74) is 6.29. The van der Waals surface area contributed by atoms with Crippen molar-refractivity contribution >= 4 is 17.5 Å². The summed E-state index contributed by atoms with van der Waals surface area (Å²) < 4.78 is 5.35. The Morgan fingerprint density at radius 3 is 2.29 bits per heavy atom. The van der Waals surface area contributed by atoms with Crippen LogP contribution in [0.1, 0.15) is 16.8 Å². The highest BCUT2D eigenvalue weighted by atomic mass is 16.5. The van der Waals surface area contributed by atoms with E-state index in [1.807, 2.05) is 18.2 Å². The van der Waals surface area contributed by atoms with Crippen LogP contribution in [0.4, 0.5) is 5.69 Å². The summed E-state index contributed by atoms with van der Waals surface area (Å²) in [7, 11) is 0. The maximum Gasteiger partial charge on any atom is 0.255 e. The average molecular weight is 284 g/mol. The van der Waals surface area contributed by atoms with Gasteiger partial charge in [0, 0.05) is 11.3 Å². The number of primary amides is 1. The minimum Gasteiger partial charge on any atom is -0.493 e. The molecule has 108 valence electrons. The zero-order valence-corrected chi connectivity index (χ0v) is 11.4. The third-order valence-corrected chi connectivity index (χ3v) is 2.77. The zero-order chi connectivity index (χ0) is 15.1. The van der Waals surface area contributed by atoms with Crippen molar-refractivity contribution in [2.45, 2.75) is 6.42 Å². The highest BCUT2D eigenvalue weighted by Crippen LogP contribution is 2.16. The first kappa shape index (κ1) is 14.6. The lowest BCUT2D eigenvalue weighted by Gasteiger charge is -2.07. The van der Waals surface area contributed by atoms with Gasteiger partial charge in [-0.2, -0.15) is 0 Å². The Labute approximate surface area is 122 Å². The molecule has 0 radical (unpaired) electrons. The molecule has 5 nitrogen and oxygen atoms in total. The van der Waals surface area contributed by atoms with Crippen molar-refractivity contribution in [3.05, 3.63) is 60.2 Å². The van der Waals surface area contributed by atoms with E-state index in [9.17, 15) is 9.59 Å². The molecule has 0 heterocycles. The molecule has 0 aliphatic rings. The summed E-state index contributed by atoms with van der Waals surface area (Å²) in [5.74, 6) is 0.0497. The lowest BCUT2D eigenvalue weighted by molar-refractivity contribution is -0.118. The van der Waals surface area contributed by atoms with E-state index in [0.717, 1.165) is 0 Å². The van der Waals surface area contributed by atoms with Crippen LogP contribution in [0.2, 0.25) is 0 Å². The first-order valence-corrected chi connectivity index (χ1v) is 6.53. The minimum absolute atomic E-state index is 0.169. The summed E-state index contributed by atoms with van der Waals surface area (Å²) in [6.07, 6.45) is 0.173. The number of nitrogens with one attached hydrogen (secondary N) is 1. The normalized spacial score (nSPS) is 9.90. The van der Waals surface area contributed by atoms with Gasteiger partial charge in [-0.05, 0) is 36.4 Å². The summed E-state index contributed by atoms with van der Waals surface area (Å²) >= 11 is 0. The molecule has 2 amide bonds. The molecule has 3 N–H and O–H groups in total. The molecule has 0 saturated carbocycles. The number of rotatable bonds is 6. The predicted octanol–water partition coefficient (Wildman–Crippen LogP) is 2.19. The molecule has 0 spiro atoms. The van der Waals surface area contributed by atoms with Crippen LogP contribution < -0.4 is 15.8 Å². The Morgan fingerprint density at radius 2 is 1.67 bits per heavy atom. The molecule has 0 saturated heterocycles. The summed E-state index contributed by atoms with van der Waals surface area (Å²) in [5, 5.41) is 2.79. The molecule has 21 heavy (non-hydrogen) atoms. The fraction of sp³-hybridized carbons (Fsp3) is 0.125. The molecule has 0 aliphatic heterocycles. The topological polar surface area (TPSA) is 81.4 Å². The van der Waals surface area contributed by atoms with Gasteiger partial charge >= 0.3 is 0 Å². The maximum atomic E-state index is 12.0. The van der Waals surface area contributed by atoms with Crippen LogP contribution >= 0.6 is 0 Å². The second-order valence-corrected chi connectivity index (χ2v) is 4.41. The second kappa shape index (κ2) is 7.09. The molecular weight excluding hydrogens is 268 g/mol. The molecule has 0 aromatic heterocycles. The van der Waals surface area contributed by atoms with Crippen LogP contribution in [-0.4, -0.2) is 18.4 Å². The summed E-state index contributed by atoms with van der Waals surface area (Å²) in [6.45, 7) is 0.241. The Morgan fingerprint density at radius 1 is 1.00 bits per heavy atom. The molecule has 2 rings (SSSR count). The van der Waals surface area contributed by atoms with E-state index in [2.05, 4.69) is 5.32 Å². The molecule has 2 aromatic carbocycles. The third kappa shape index (κ3) is 4.65. The summed E-state index contributed by atoms with van der Waals surface area (Å²) in [4.78, 5) is 22.5. The Kier molecular flexibility index (Phi) is 4.93. The molecule has 2 aromatic rings. The van der Waals surface area contributed by atoms with Gasteiger partial charge in [0.25, 0.3) is 5.91 Å². The van der Waals surface area contributed by atoms with E-state index in [0.29, 0.717) is 17.0 Å². The lowest BCUT2D eigenvalue weighted by atomic mass is 10.2. The molecular formula is C16H16N2O3. The van der Waals surface area contributed by atoms with E-state index in [4.69, 9.17) is 10.5 Å². The number of hydrogen-bond acceptors (Lipinski definition) is 3. The monoisotopic (exact) mass is 284 g/mol. The number of carbonyl (C=O) groups is 2. The van der Waals surface area contributed by atoms with Gasteiger partial charge in [0.1, 0.15) is 5.75 Å². The fourth-order valence-electron chi connectivity index (χ4n) is 1.70. The number of amides is 2. The van der Waals surface area contributed by atoms with Gasteiger partial charge in [-0.3, -0.25) is 9.59 Å². The van der Waals surface area contributed by atoms with E-state index in [1.165, 1.54) is 0 Å². The number of nitrogens with two attached hydrogens (primary N) is 1. The number of carbonyl (C=O) groups excluding carboxylic acids is 2. The van der Waals surface area contributed by atoms with Crippen LogP contribution in [0.15, 0.2) is 54.6 Å². The van der Waals surface area contributed by atoms with E-state index in [-0.39, 0.29) is 18.9 Å². The first-order chi connectivity index (χ1) is 10.1. The first-order valence-electron chi connectivity index (χ1n) is 6.53. The van der Waals surface area contributed by atoms with E-state index in [1.54, 1.807) is 36.4 Å². The quantitative estimate of drug-likeness (QED) is 0.853. The third-order valence-electron chi connectivity index (χ3n) is 2.77. The molecule has 0 aliphatic carbocycles. The molecule has 5 heteroatoms. The van der Waals surface area contributed by atoms with Crippen LogP contribution in [0, 0.1) is 0 Å².